The topological polar surface area (TPSA) is 110 Å². The highest BCUT2D eigenvalue weighted by atomic mass is 32.2. The Kier molecular flexibility index (Phi) is 6.81. The van der Waals surface area contributed by atoms with Crippen molar-refractivity contribution >= 4 is 22.1 Å². The molecule has 2 rings (SSSR count). The highest BCUT2D eigenvalue weighted by Gasteiger charge is 2.19. The van der Waals surface area contributed by atoms with Gasteiger partial charge in [-0.2, -0.15) is 0 Å². The number of carbonyl (C=O) groups excluding carboxylic acids is 2. The van der Waals surface area contributed by atoms with Crippen LogP contribution in [0.25, 0.3) is 0 Å². The van der Waals surface area contributed by atoms with Gasteiger partial charge in [-0.05, 0) is 61.6 Å². The standard InChI is InChI=1S/C21H24O7S/c1-12(2)16-10-18(15(5)9-19(16)29(24,25)26)28-20(22)11-27-21(23)17-8-13(3)6-7-14(17)4/h6-10,12H,11H2,1-5H3,(H,24,25,26)/p-1. The lowest BCUT2D eigenvalue weighted by Gasteiger charge is -2.18. The van der Waals surface area contributed by atoms with E-state index in [4.69, 9.17) is 9.47 Å². The third-order valence-corrected chi connectivity index (χ3v) is 5.25. The highest BCUT2D eigenvalue weighted by Crippen LogP contribution is 2.31. The minimum atomic E-state index is -4.67. The molecule has 29 heavy (non-hydrogen) atoms. The number of esters is 2. The van der Waals surface area contributed by atoms with Crippen LogP contribution in [-0.2, 0) is 19.6 Å². The first-order valence-electron chi connectivity index (χ1n) is 8.95. The maximum Gasteiger partial charge on any atom is 0.349 e. The zero-order valence-electron chi connectivity index (χ0n) is 16.9. The maximum atomic E-state index is 12.2. The zero-order chi connectivity index (χ0) is 21.9. The molecular weight excluding hydrogens is 396 g/mol. The molecule has 0 aromatic heterocycles. The summed E-state index contributed by atoms with van der Waals surface area (Å²) in [5, 5.41) is 0. The van der Waals surface area contributed by atoms with Crippen molar-refractivity contribution < 1.29 is 32.0 Å². The van der Waals surface area contributed by atoms with Gasteiger partial charge in [-0.1, -0.05) is 31.5 Å². The van der Waals surface area contributed by atoms with Gasteiger partial charge in [-0.25, -0.2) is 18.0 Å². The summed E-state index contributed by atoms with van der Waals surface area (Å²) in [6, 6.07) is 7.86. The fourth-order valence-corrected chi connectivity index (χ4v) is 3.67. The second kappa shape index (κ2) is 8.75. The second-order valence-electron chi connectivity index (χ2n) is 7.13. The molecule has 0 aliphatic heterocycles. The summed E-state index contributed by atoms with van der Waals surface area (Å²) in [6.07, 6.45) is 0. The number of hydrogen-bond donors (Lipinski definition) is 0. The molecule has 0 spiro atoms. The van der Waals surface area contributed by atoms with Crippen LogP contribution in [0.1, 0.15) is 52.4 Å². The van der Waals surface area contributed by atoms with Crippen molar-refractivity contribution in [2.45, 2.75) is 45.4 Å². The molecule has 0 aliphatic carbocycles. The van der Waals surface area contributed by atoms with E-state index >= 15 is 0 Å². The van der Waals surface area contributed by atoms with Gasteiger partial charge in [0.05, 0.1) is 10.5 Å². The molecule has 2 aromatic rings. The summed E-state index contributed by atoms with van der Waals surface area (Å²) in [5.41, 5.74) is 2.52. The molecule has 0 bridgehead atoms. The Hall–Kier alpha value is -2.71. The van der Waals surface area contributed by atoms with Gasteiger partial charge < -0.3 is 14.0 Å². The molecule has 0 amide bonds. The Labute approximate surface area is 170 Å². The van der Waals surface area contributed by atoms with Crippen LogP contribution in [0.4, 0.5) is 0 Å². The largest absolute Gasteiger partial charge is 0.744 e. The Morgan fingerprint density at radius 3 is 2.28 bits per heavy atom. The average molecular weight is 419 g/mol. The van der Waals surface area contributed by atoms with E-state index in [2.05, 4.69) is 0 Å². The van der Waals surface area contributed by atoms with E-state index in [1.807, 2.05) is 13.0 Å². The van der Waals surface area contributed by atoms with E-state index < -0.39 is 28.7 Å². The molecular formula is C21H23O7S-. The van der Waals surface area contributed by atoms with E-state index in [0.717, 1.165) is 11.1 Å². The van der Waals surface area contributed by atoms with Crippen molar-refractivity contribution in [2.75, 3.05) is 6.61 Å². The summed E-state index contributed by atoms with van der Waals surface area (Å²) in [4.78, 5) is 24.0. The van der Waals surface area contributed by atoms with E-state index in [9.17, 15) is 22.6 Å². The van der Waals surface area contributed by atoms with E-state index in [1.165, 1.54) is 19.1 Å². The van der Waals surface area contributed by atoms with Crippen LogP contribution in [0, 0.1) is 20.8 Å². The van der Waals surface area contributed by atoms with E-state index in [0.29, 0.717) is 11.1 Å². The van der Waals surface area contributed by atoms with E-state index in [1.54, 1.807) is 32.9 Å². The van der Waals surface area contributed by atoms with Crippen LogP contribution in [0.2, 0.25) is 0 Å². The highest BCUT2D eigenvalue weighted by molar-refractivity contribution is 7.85. The number of rotatable bonds is 6. The molecule has 7 nitrogen and oxygen atoms in total. The Morgan fingerprint density at radius 1 is 1.03 bits per heavy atom. The smallest absolute Gasteiger partial charge is 0.349 e. The monoisotopic (exact) mass is 419 g/mol. The first-order chi connectivity index (χ1) is 13.4. The van der Waals surface area contributed by atoms with Crippen molar-refractivity contribution in [1.29, 1.82) is 0 Å². The molecule has 0 radical (unpaired) electrons. The SMILES string of the molecule is Cc1ccc(C)c(C(=O)OCC(=O)Oc2cc(C(C)C)c(S(=O)(=O)[O-])cc2C)c1. The van der Waals surface area contributed by atoms with Gasteiger partial charge in [0, 0.05) is 0 Å². The van der Waals surface area contributed by atoms with Gasteiger partial charge in [-0.3, -0.25) is 0 Å². The molecule has 0 aliphatic rings. The Balaban J connectivity index is 2.15. The molecule has 0 saturated heterocycles. The van der Waals surface area contributed by atoms with Gasteiger partial charge >= 0.3 is 11.9 Å². The van der Waals surface area contributed by atoms with Crippen LogP contribution in [-0.4, -0.2) is 31.5 Å². The quantitative estimate of drug-likeness (QED) is 0.401. The van der Waals surface area contributed by atoms with Crippen molar-refractivity contribution in [3.63, 3.8) is 0 Å². The third kappa shape index (κ3) is 5.65. The van der Waals surface area contributed by atoms with Gasteiger partial charge in [0.1, 0.15) is 15.9 Å². The number of carbonyl (C=O) groups is 2. The van der Waals surface area contributed by atoms with Gasteiger partial charge in [0.15, 0.2) is 6.61 Å². The summed E-state index contributed by atoms with van der Waals surface area (Å²) >= 11 is 0. The summed E-state index contributed by atoms with van der Waals surface area (Å²) in [5.74, 6) is -1.64. The Bertz CT molecular complexity index is 1050. The summed E-state index contributed by atoms with van der Waals surface area (Å²) < 4.78 is 44.7. The van der Waals surface area contributed by atoms with Crippen molar-refractivity contribution in [3.05, 3.63) is 58.1 Å². The van der Waals surface area contributed by atoms with Crippen LogP contribution in [0.3, 0.4) is 0 Å². The lowest BCUT2D eigenvalue weighted by molar-refractivity contribution is -0.137. The maximum absolute atomic E-state index is 12.2. The van der Waals surface area contributed by atoms with Crippen molar-refractivity contribution in [2.24, 2.45) is 0 Å². The van der Waals surface area contributed by atoms with Crippen LogP contribution < -0.4 is 4.74 Å². The van der Waals surface area contributed by atoms with Crippen LogP contribution in [0.5, 0.6) is 5.75 Å². The van der Waals surface area contributed by atoms with E-state index in [-0.39, 0.29) is 22.1 Å². The second-order valence-corrected chi connectivity index (χ2v) is 8.48. The van der Waals surface area contributed by atoms with Crippen molar-refractivity contribution in [1.82, 2.24) is 0 Å². The van der Waals surface area contributed by atoms with Gasteiger partial charge in [-0.15, -0.1) is 0 Å². The minimum Gasteiger partial charge on any atom is -0.744 e. The van der Waals surface area contributed by atoms with Gasteiger partial charge in [0.25, 0.3) is 0 Å². The average Bonchev–Trinajstić information content (AvgIpc) is 2.62. The molecule has 0 saturated carbocycles. The zero-order valence-corrected chi connectivity index (χ0v) is 17.8. The Morgan fingerprint density at radius 2 is 1.69 bits per heavy atom. The molecule has 0 atom stereocenters. The lowest BCUT2D eigenvalue weighted by atomic mass is 10.0. The molecule has 156 valence electrons. The minimum absolute atomic E-state index is 0.105. The summed E-state index contributed by atoms with van der Waals surface area (Å²) in [7, 11) is -4.67. The number of hydrogen-bond acceptors (Lipinski definition) is 7. The molecule has 0 fully saturated rings. The molecule has 0 heterocycles. The molecule has 8 heteroatoms. The number of ether oxygens (including phenoxy) is 2. The molecule has 0 unspecified atom stereocenters. The fraction of sp³-hybridized carbons (Fsp3) is 0.333. The molecule has 0 N–H and O–H groups in total. The fourth-order valence-electron chi connectivity index (χ4n) is 2.77. The predicted molar refractivity (Wildman–Crippen MR) is 105 cm³/mol. The lowest BCUT2D eigenvalue weighted by Crippen LogP contribution is -2.20. The predicted octanol–water partition coefficient (Wildman–Crippen LogP) is 3.40. The summed E-state index contributed by atoms with van der Waals surface area (Å²) in [6.45, 7) is 7.95. The number of benzene rings is 2. The first-order valence-corrected chi connectivity index (χ1v) is 10.4. The van der Waals surface area contributed by atoms with Crippen LogP contribution >= 0.6 is 0 Å². The third-order valence-electron chi connectivity index (χ3n) is 4.36. The first kappa shape index (κ1) is 22.6. The molecule has 2 aromatic carbocycles. The normalized spacial score (nSPS) is 11.4. The van der Waals surface area contributed by atoms with Gasteiger partial charge in [0.2, 0.25) is 0 Å². The number of aryl methyl sites for hydroxylation is 3. The van der Waals surface area contributed by atoms with Crippen molar-refractivity contribution in [3.8, 4) is 5.75 Å². The van der Waals surface area contributed by atoms with Crippen LogP contribution in [0.15, 0.2) is 35.2 Å².